The number of rotatable bonds is 6. The molecule has 1 amide bonds. The number of anilines is 2. The van der Waals surface area contributed by atoms with Gasteiger partial charge in [0.15, 0.2) is 29.7 Å². The number of hydrogen-bond acceptors (Lipinski definition) is 6. The van der Waals surface area contributed by atoms with E-state index in [2.05, 4.69) is 41.5 Å². The van der Waals surface area contributed by atoms with Gasteiger partial charge in [0, 0.05) is 34.9 Å². The minimum atomic E-state index is -0.693. The predicted octanol–water partition coefficient (Wildman–Crippen LogP) is 6.05. The summed E-state index contributed by atoms with van der Waals surface area (Å²) in [6.45, 7) is 2.06. The molecule has 0 spiro atoms. The van der Waals surface area contributed by atoms with Crippen molar-refractivity contribution in [1.82, 2.24) is 0 Å². The molecule has 1 aliphatic carbocycles. The van der Waals surface area contributed by atoms with Gasteiger partial charge in [0.1, 0.15) is 0 Å². The molecular formula is C35H34N3O5+. The highest BCUT2D eigenvalue weighted by Gasteiger charge is 2.42. The quantitative estimate of drug-likeness (QED) is 0.301. The number of H-pyrrole nitrogens is 1. The zero-order valence-electron chi connectivity index (χ0n) is 24.6. The van der Waals surface area contributed by atoms with Crippen LogP contribution in [0.15, 0.2) is 96.5 Å². The molecule has 0 fully saturated rings. The lowest BCUT2D eigenvalue weighted by molar-refractivity contribution is -0.378. The van der Waals surface area contributed by atoms with Gasteiger partial charge in [-0.15, -0.1) is 0 Å². The normalized spacial score (nSPS) is 17.8. The molecule has 8 nitrogen and oxygen atoms in total. The Hall–Kier alpha value is -5.11. The molecule has 8 heteroatoms. The van der Waals surface area contributed by atoms with E-state index in [9.17, 15) is 9.59 Å². The Morgan fingerprint density at radius 1 is 0.884 bits per heavy atom. The summed E-state index contributed by atoms with van der Waals surface area (Å²) >= 11 is 0. The number of allylic oxidation sites excluding steroid dienone is 1. The fraction of sp³-hybridized carbons (Fsp3) is 0.229. The van der Waals surface area contributed by atoms with Crippen LogP contribution in [-0.2, 0) is 4.79 Å². The Bertz CT molecular complexity index is 1690. The molecule has 2 unspecified atom stereocenters. The van der Waals surface area contributed by atoms with Crippen LogP contribution in [0, 0.1) is 6.92 Å². The first-order valence-electron chi connectivity index (χ1n) is 14.2. The van der Waals surface area contributed by atoms with Crippen LogP contribution in [0.4, 0.5) is 11.4 Å². The van der Waals surface area contributed by atoms with Gasteiger partial charge in [0.25, 0.3) is 5.91 Å². The number of amides is 1. The molecule has 2 N–H and O–H groups in total. The van der Waals surface area contributed by atoms with Crippen LogP contribution in [0.2, 0.25) is 0 Å². The number of aromatic amines is 1. The average Bonchev–Trinajstić information content (AvgIpc) is 3.19. The van der Waals surface area contributed by atoms with Crippen molar-refractivity contribution in [3.05, 3.63) is 119 Å². The third kappa shape index (κ3) is 5.09. The molecule has 0 bridgehead atoms. The number of nitrogens with one attached hydrogen (secondary N) is 2. The van der Waals surface area contributed by atoms with E-state index in [0.717, 1.165) is 22.5 Å². The molecule has 218 valence electrons. The largest absolute Gasteiger partial charge is 0.493 e. The SMILES string of the molecule is COc1cc(C(=O)N2c3ccccc3NC3=C(C(=O)CC(c4ccc(C)cc4)C3)C2c2ccc[nH+]c2)cc(OC)c1OC. The standard InChI is InChI=1S/C35H33N3O5/c1-21-11-13-22(14-12-21)24-16-27-32(29(39)17-24)33(23-8-7-15-36-20-23)38(28-10-6-5-9-26(28)37-27)35(40)25-18-30(41-2)34(43-4)31(19-25)42-3/h5-15,18-20,24,33,37H,16-17H2,1-4H3/p+1. The van der Waals surface area contributed by atoms with Crippen LogP contribution < -0.4 is 29.4 Å². The molecule has 0 saturated heterocycles. The van der Waals surface area contributed by atoms with E-state index in [-0.39, 0.29) is 17.6 Å². The molecule has 2 aliphatic rings. The number of carbonyl (C=O) groups excluding carboxylic acids is 2. The van der Waals surface area contributed by atoms with E-state index >= 15 is 0 Å². The molecule has 0 radical (unpaired) electrons. The van der Waals surface area contributed by atoms with Gasteiger partial charge in [-0.3, -0.25) is 14.5 Å². The van der Waals surface area contributed by atoms with E-state index in [1.807, 2.05) is 48.8 Å². The van der Waals surface area contributed by atoms with Crippen LogP contribution in [0.3, 0.4) is 0 Å². The number of ether oxygens (including phenoxy) is 3. The lowest BCUT2D eigenvalue weighted by atomic mass is 9.78. The fourth-order valence-corrected chi connectivity index (χ4v) is 6.12. The number of para-hydroxylation sites is 2. The number of fused-ring (bicyclic) bond motifs is 1. The van der Waals surface area contributed by atoms with Crippen LogP contribution in [0.25, 0.3) is 0 Å². The number of nitrogens with zero attached hydrogens (tertiary/aromatic N) is 1. The van der Waals surface area contributed by atoms with Crippen molar-refractivity contribution in [2.75, 3.05) is 31.5 Å². The molecule has 2 atom stereocenters. The first kappa shape index (κ1) is 28.0. The second-order valence-corrected chi connectivity index (χ2v) is 10.8. The number of benzene rings is 3. The zero-order chi connectivity index (χ0) is 30.1. The van der Waals surface area contributed by atoms with Gasteiger partial charge in [-0.05, 0) is 55.2 Å². The summed E-state index contributed by atoms with van der Waals surface area (Å²) in [5.41, 5.74) is 6.23. The minimum absolute atomic E-state index is 0.00340. The van der Waals surface area contributed by atoms with Gasteiger partial charge in [0.2, 0.25) is 5.75 Å². The highest BCUT2D eigenvalue weighted by atomic mass is 16.5. The summed E-state index contributed by atoms with van der Waals surface area (Å²) in [5, 5.41) is 3.59. The first-order valence-corrected chi connectivity index (χ1v) is 14.2. The monoisotopic (exact) mass is 576 g/mol. The maximum atomic E-state index is 14.7. The lowest BCUT2D eigenvalue weighted by Crippen LogP contribution is -2.39. The van der Waals surface area contributed by atoms with Crippen LogP contribution in [0.5, 0.6) is 17.2 Å². The Morgan fingerprint density at radius 2 is 1.60 bits per heavy atom. The Kier molecular flexibility index (Phi) is 7.59. The number of ketones is 1. The number of pyridine rings is 1. The molecule has 2 heterocycles. The number of aryl methyl sites for hydroxylation is 1. The summed E-state index contributed by atoms with van der Waals surface area (Å²) < 4.78 is 16.6. The summed E-state index contributed by atoms with van der Waals surface area (Å²) in [6, 6.07) is 22.4. The van der Waals surface area contributed by atoms with E-state index < -0.39 is 6.04 Å². The molecule has 1 aromatic heterocycles. The van der Waals surface area contributed by atoms with Gasteiger partial charge in [-0.1, -0.05) is 42.0 Å². The van der Waals surface area contributed by atoms with Crippen molar-refractivity contribution < 1.29 is 28.8 Å². The van der Waals surface area contributed by atoms with Gasteiger partial charge in [-0.2, -0.15) is 0 Å². The molecule has 4 aromatic rings. The first-order chi connectivity index (χ1) is 20.9. The Morgan fingerprint density at radius 3 is 2.26 bits per heavy atom. The van der Waals surface area contributed by atoms with E-state index in [1.54, 1.807) is 17.0 Å². The number of methoxy groups -OCH3 is 3. The molecule has 1 aliphatic heterocycles. The molecule has 6 rings (SSSR count). The molecule has 3 aromatic carbocycles. The Labute approximate surface area is 250 Å². The third-order valence-corrected chi connectivity index (χ3v) is 8.21. The third-order valence-electron chi connectivity index (χ3n) is 8.21. The summed E-state index contributed by atoms with van der Waals surface area (Å²) in [7, 11) is 4.55. The summed E-state index contributed by atoms with van der Waals surface area (Å²) in [6.07, 6.45) is 4.64. The maximum absolute atomic E-state index is 14.7. The average molecular weight is 577 g/mol. The number of Topliss-reactive ketones (excluding diaryl/α,β-unsaturated/α-hetero) is 1. The summed E-state index contributed by atoms with van der Waals surface area (Å²) in [4.78, 5) is 33.9. The second-order valence-electron chi connectivity index (χ2n) is 10.8. The molecular weight excluding hydrogens is 542 g/mol. The highest BCUT2D eigenvalue weighted by Crippen LogP contribution is 2.48. The number of hydrogen-bond donors (Lipinski definition) is 1. The van der Waals surface area contributed by atoms with Crippen molar-refractivity contribution in [2.45, 2.75) is 31.7 Å². The van der Waals surface area contributed by atoms with Crippen LogP contribution in [0.1, 0.15) is 51.8 Å². The number of carbonyl (C=O) groups is 2. The summed E-state index contributed by atoms with van der Waals surface area (Å²) in [5.74, 6) is 0.833. The highest BCUT2D eigenvalue weighted by molar-refractivity contribution is 6.12. The number of aromatic nitrogens is 1. The van der Waals surface area contributed by atoms with Gasteiger partial charge in [-0.25, -0.2) is 4.98 Å². The van der Waals surface area contributed by atoms with Crippen LogP contribution >= 0.6 is 0 Å². The van der Waals surface area contributed by atoms with Crippen LogP contribution in [-0.4, -0.2) is 33.0 Å². The van der Waals surface area contributed by atoms with Crippen molar-refractivity contribution in [1.29, 1.82) is 0 Å². The van der Waals surface area contributed by atoms with Crippen molar-refractivity contribution >= 4 is 23.1 Å². The van der Waals surface area contributed by atoms with Crippen molar-refractivity contribution in [3.8, 4) is 17.2 Å². The topological polar surface area (TPSA) is 91.2 Å². The Balaban J connectivity index is 1.55. The van der Waals surface area contributed by atoms with Crippen molar-refractivity contribution in [2.24, 2.45) is 0 Å². The minimum Gasteiger partial charge on any atom is -0.493 e. The van der Waals surface area contributed by atoms with E-state index in [4.69, 9.17) is 14.2 Å². The fourth-order valence-electron chi connectivity index (χ4n) is 6.12. The lowest BCUT2D eigenvalue weighted by Gasteiger charge is -2.34. The maximum Gasteiger partial charge on any atom is 0.259 e. The predicted molar refractivity (Wildman–Crippen MR) is 164 cm³/mol. The molecule has 43 heavy (non-hydrogen) atoms. The zero-order valence-corrected chi connectivity index (χ0v) is 24.6. The van der Waals surface area contributed by atoms with E-state index in [1.165, 1.54) is 26.9 Å². The second kappa shape index (κ2) is 11.6. The van der Waals surface area contributed by atoms with Crippen molar-refractivity contribution in [3.63, 3.8) is 0 Å². The van der Waals surface area contributed by atoms with Gasteiger partial charge in [0.05, 0.1) is 38.7 Å². The smallest absolute Gasteiger partial charge is 0.259 e. The van der Waals surface area contributed by atoms with Gasteiger partial charge >= 0.3 is 0 Å². The van der Waals surface area contributed by atoms with E-state index in [0.29, 0.717) is 46.9 Å². The van der Waals surface area contributed by atoms with Gasteiger partial charge < -0.3 is 19.5 Å². The molecule has 0 saturated carbocycles.